The second-order valence-electron chi connectivity index (χ2n) is 5.52. The maximum atomic E-state index is 13.4. The summed E-state index contributed by atoms with van der Waals surface area (Å²) >= 11 is 0. The van der Waals surface area contributed by atoms with Gasteiger partial charge in [0.1, 0.15) is 5.82 Å². The number of amides is 1. The van der Waals surface area contributed by atoms with Crippen LogP contribution in [-0.4, -0.2) is 5.91 Å². The number of rotatable bonds is 2. The van der Waals surface area contributed by atoms with Crippen LogP contribution >= 0.6 is 0 Å². The van der Waals surface area contributed by atoms with E-state index in [1.165, 1.54) is 17.7 Å². The van der Waals surface area contributed by atoms with Crippen LogP contribution in [0.15, 0.2) is 42.5 Å². The van der Waals surface area contributed by atoms with Crippen molar-refractivity contribution in [1.29, 1.82) is 0 Å². The largest absolute Gasteiger partial charge is 0.321 e. The maximum absolute atomic E-state index is 13.4. The minimum atomic E-state index is -0.341. The third kappa shape index (κ3) is 2.59. The van der Waals surface area contributed by atoms with Gasteiger partial charge >= 0.3 is 0 Å². The lowest BCUT2D eigenvalue weighted by Gasteiger charge is -2.05. The van der Waals surface area contributed by atoms with Gasteiger partial charge in [-0.2, -0.15) is 0 Å². The lowest BCUT2D eigenvalue weighted by Crippen LogP contribution is -2.03. The zero-order valence-corrected chi connectivity index (χ0v) is 12.0. The summed E-state index contributed by atoms with van der Waals surface area (Å²) in [5.41, 5.74) is 3.96. The van der Waals surface area contributed by atoms with Crippen LogP contribution in [0.5, 0.6) is 0 Å². The van der Waals surface area contributed by atoms with E-state index in [1.54, 1.807) is 12.1 Å². The van der Waals surface area contributed by atoms with Gasteiger partial charge in [0.2, 0.25) is 0 Å². The van der Waals surface area contributed by atoms with Gasteiger partial charge in [-0.05, 0) is 41.3 Å². The molecule has 1 N–H and O–H groups in total. The molecule has 1 aliphatic heterocycles. The number of anilines is 1. The number of benzene rings is 2. The van der Waals surface area contributed by atoms with Crippen LogP contribution < -0.4 is 5.32 Å². The molecule has 0 saturated carbocycles. The van der Waals surface area contributed by atoms with Gasteiger partial charge in [0.25, 0.3) is 5.91 Å². The van der Waals surface area contributed by atoms with Gasteiger partial charge in [0.15, 0.2) is 0 Å². The number of halogens is 1. The molecule has 0 atom stereocenters. The Labute approximate surface area is 123 Å². The molecule has 21 heavy (non-hydrogen) atoms. The fraction of sp³-hybridized carbons (Fsp3) is 0.167. The SMILES string of the molecule is CC(C)c1ccc(/C=C2/C(=O)Nc3ccc(F)cc32)cc1. The Kier molecular flexibility index (Phi) is 3.34. The Bertz CT molecular complexity index is 729. The second kappa shape index (κ2) is 5.17. The standard InChI is InChI=1S/C18H16FNO/c1-11(2)13-5-3-12(4-6-13)9-16-15-10-14(19)7-8-17(15)20-18(16)21/h3-11H,1-2H3,(H,20,21)/b16-9+. The van der Waals surface area contributed by atoms with Crippen LogP contribution in [-0.2, 0) is 4.79 Å². The first-order valence-corrected chi connectivity index (χ1v) is 6.97. The molecule has 0 fully saturated rings. The van der Waals surface area contributed by atoms with Crippen LogP contribution in [0.2, 0.25) is 0 Å². The van der Waals surface area contributed by atoms with Gasteiger partial charge < -0.3 is 5.32 Å². The molecule has 0 aromatic heterocycles. The molecule has 0 saturated heterocycles. The van der Waals surface area contributed by atoms with Crippen molar-refractivity contribution in [2.24, 2.45) is 0 Å². The van der Waals surface area contributed by atoms with Crippen LogP contribution in [0.4, 0.5) is 10.1 Å². The smallest absolute Gasteiger partial charge is 0.256 e. The van der Waals surface area contributed by atoms with Crippen molar-refractivity contribution in [3.05, 3.63) is 65.0 Å². The van der Waals surface area contributed by atoms with E-state index in [0.717, 1.165) is 5.56 Å². The van der Waals surface area contributed by atoms with Gasteiger partial charge in [-0.3, -0.25) is 4.79 Å². The van der Waals surface area contributed by atoms with E-state index < -0.39 is 0 Å². The van der Waals surface area contributed by atoms with E-state index >= 15 is 0 Å². The van der Waals surface area contributed by atoms with Crippen LogP contribution in [0, 0.1) is 5.82 Å². The van der Waals surface area contributed by atoms with Crippen molar-refractivity contribution in [3.8, 4) is 0 Å². The predicted octanol–water partition coefficient (Wildman–Crippen LogP) is 4.44. The molecule has 0 radical (unpaired) electrons. The first-order chi connectivity index (χ1) is 10.0. The second-order valence-corrected chi connectivity index (χ2v) is 5.52. The minimum Gasteiger partial charge on any atom is -0.321 e. The minimum absolute atomic E-state index is 0.191. The molecule has 1 aliphatic rings. The molecule has 0 unspecified atom stereocenters. The van der Waals surface area contributed by atoms with Gasteiger partial charge in [-0.1, -0.05) is 38.1 Å². The monoisotopic (exact) mass is 281 g/mol. The summed E-state index contributed by atoms with van der Waals surface area (Å²) in [7, 11) is 0. The van der Waals surface area contributed by atoms with Crippen molar-refractivity contribution in [2.75, 3.05) is 5.32 Å². The van der Waals surface area contributed by atoms with E-state index in [1.807, 2.05) is 12.1 Å². The van der Waals surface area contributed by atoms with Crippen LogP contribution in [0.3, 0.4) is 0 Å². The average molecular weight is 281 g/mol. The molecule has 1 amide bonds. The summed E-state index contributed by atoms with van der Waals surface area (Å²) in [6.07, 6.45) is 1.80. The summed E-state index contributed by atoms with van der Waals surface area (Å²) < 4.78 is 13.4. The summed E-state index contributed by atoms with van der Waals surface area (Å²) in [4.78, 5) is 12.0. The number of carbonyl (C=O) groups excluding carboxylic acids is 1. The predicted molar refractivity (Wildman–Crippen MR) is 83.4 cm³/mol. The molecule has 106 valence electrons. The number of hydrogen-bond acceptors (Lipinski definition) is 1. The normalized spacial score (nSPS) is 15.4. The highest BCUT2D eigenvalue weighted by Gasteiger charge is 2.24. The van der Waals surface area contributed by atoms with Crippen molar-refractivity contribution in [1.82, 2.24) is 0 Å². The topological polar surface area (TPSA) is 29.1 Å². The van der Waals surface area contributed by atoms with E-state index in [9.17, 15) is 9.18 Å². The molecular formula is C18H16FNO. The van der Waals surface area contributed by atoms with Gasteiger partial charge in [-0.25, -0.2) is 4.39 Å². The van der Waals surface area contributed by atoms with E-state index in [-0.39, 0.29) is 11.7 Å². The van der Waals surface area contributed by atoms with E-state index in [4.69, 9.17) is 0 Å². The third-order valence-electron chi connectivity index (χ3n) is 3.68. The fourth-order valence-corrected chi connectivity index (χ4v) is 2.45. The lowest BCUT2D eigenvalue weighted by atomic mass is 9.99. The molecule has 0 bridgehead atoms. The molecule has 0 spiro atoms. The van der Waals surface area contributed by atoms with Crippen molar-refractivity contribution < 1.29 is 9.18 Å². The van der Waals surface area contributed by atoms with Gasteiger partial charge in [-0.15, -0.1) is 0 Å². The number of hydrogen-bond donors (Lipinski definition) is 1. The molecule has 2 aromatic carbocycles. The molecular weight excluding hydrogens is 265 g/mol. The Morgan fingerprint density at radius 2 is 1.81 bits per heavy atom. The zero-order valence-electron chi connectivity index (χ0n) is 12.0. The molecule has 3 heteroatoms. The highest BCUT2D eigenvalue weighted by molar-refractivity contribution is 6.34. The van der Waals surface area contributed by atoms with Gasteiger partial charge in [0, 0.05) is 16.8 Å². The average Bonchev–Trinajstić information content (AvgIpc) is 2.76. The summed E-state index contributed by atoms with van der Waals surface area (Å²) in [6.45, 7) is 4.27. The number of nitrogens with one attached hydrogen (secondary N) is 1. The quantitative estimate of drug-likeness (QED) is 0.810. The van der Waals surface area contributed by atoms with Crippen molar-refractivity contribution >= 4 is 23.2 Å². The number of fused-ring (bicyclic) bond motifs is 1. The third-order valence-corrected chi connectivity index (χ3v) is 3.68. The zero-order chi connectivity index (χ0) is 15.0. The van der Waals surface area contributed by atoms with Crippen molar-refractivity contribution in [3.63, 3.8) is 0 Å². The molecule has 1 heterocycles. The highest BCUT2D eigenvalue weighted by Crippen LogP contribution is 2.33. The first-order valence-electron chi connectivity index (χ1n) is 6.97. The maximum Gasteiger partial charge on any atom is 0.256 e. The van der Waals surface area contributed by atoms with Crippen molar-refractivity contribution in [2.45, 2.75) is 19.8 Å². The lowest BCUT2D eigenvalue weighted by molar-refractivity contribution is -0.110. The molecule has 2 nitrogen and oxygen atoms in total. The fourth-order valence-electron chi connectivity index (χ4n) is 2.45. The summed E-state index contributed by atoms with van der Waals surface area (Å²) in [6, 6.07) is 12.4. The van der Waals surface area contributed by atoms with E-state index in [2.05, 4.69) is 31.3 Å². The first kappa shape index (κ1) is 13.6. The summed E-state index contributed by atoms with van der Waals surface area (Å²) in [5.74, 6) is -0.0638. The van der Waals surface area contributed by atoms with Crippen LogP contribution in [0.1, 0.15) is 36.5 Å². The van der Waals surface area contributed by atoms with E-state index in [0.29, 0.717) is 22.7 Å². The Balaban J connectivity index is 2.00. The summed E-state index contributed by atoms with van der Waals surface area (Å²) in [5, 5.41) is 2.75. The van der Waals surface area contributed by atoms with Gasteiger partial charge in [0.05, 0.1) is 0 Å². The molecule has 3 rings (SSSR count). The number of carbonyl (C=O) groups is 1. The Morgan fingerprint density at radius 3 is 2.48 bits per heavy atom. The highest BCUT2D eigenvalue weighted by atomic mass is 19.1. The Morgan fingerprint density at radius 1 is 1.10 bits per heavy atom. The van der Waals surface area contributed by atoms with Crippen LogP contribution in [0.25, 0.3) is 11.6 Å². The Hall–Kier alpha value is -2.42. The molecule has 2 aromatic rings. The molecule has 0 aliphatic carbocycles.